The third-order valence-electron chi connectivity index (χ3n) is 18.9. The molecule has 12 unspecified atom stereocenters. The predicted octanol–water partition coefficient (Wildman–Crippen LogP) is 5.80. The Labute approximate surface area is 617 Å². The maximum Gasteiger partial charge on any atom is 0.246 e. The van der Waals surface area contributed by atoms with Gasteiger partial charge in [0.05, 0.1) is 25.3 Å². The topological polar surface area (TPSA) is 346 Å². The van der Waals surface area contributed by atoms with E-state index in [9.17, 15) is 63.3 Å². The van der Waals surface area contributed by atoms with Crippen LogP contribution in [0.15, 0.2) is 54.6 Å². The number of allylic oxidation sites excluding steroid dienone is 2. The Morgan fingerprint density at radius 2 is 0.990 bits per heavy atom. The maximum atomic E-state index is 15.1. The van der Waals surface area contributed by atoms with Gasteiger partial charge in [0, 0.05) is 61.8 Å². The smallest absolute Gasteiger partial charge is 0.246 e. The molecule has 584 valence electrons. The minimum atomic E-state index is -1.61. The molecule has 1 aliphatic rings. The number of carbonyl (C=O) groups excluding carboxylic acids is 12. The Morgan fingerprint density at radius 3 is 1.46 bits per heavy atom. The first-order chi connectivity index (χ1) is 48.3. The van der Waals surface area contributed by atoms with Crippen LogP contribution in [-0.4, -0.2) is 250 Å². The number of ketones is 1. The van der Waals surface area contributed by atoms with Crippen molar-refractivity contribution in [1.82, 2.24) is 55.6 Å². The average molecular weight is 1460 g/mol. The van der Waals surface area contributed by atoms with E-state index >= 15 is 9.59 Å². The Morgan fingerprint density at radius 1 is 0.529 bits per heavy atom. The number of carbonyl (C=O) groups is 12. The number of nitrogens with one attached hydrogen (secondary N) is 4. The van der Waals surface area contributed by atoms with Crippen LogP contribution in [0.5, 0.6) is 17.2 Å². The van der Waals surface area contributed by atoms with Crippen molar-refractivity contribution in [2.45, 2.75) is 229 Å². The van der Waals surface area contributed by atoms with Gasteiger partial charge in [0.15, 0.2) is 5.78 Å². The summed E-state index contributed by atoms with van der Waals surface area (Å²) in [6, 6.07) is -1.23. The number of aliphatic hydroxyl groups is 1. The first-order valence-corrected chi connectivity index (χ1v) is 36.3. The molecule has 0 spiro atoms. The van der Waals surface area contributed by atoms with Crippen LogP contribution in [0.4, 0.5) is 0 Å². The number of phenolic OH excluding ortho intramolecular Hbond substituents is 2. The summed E-state index contributed by atoms with van der Waals surface area (Å²) in [5.41, 5.74) is 1.03. The lowest BCUT2D eigenvalue weighted by atomic mass is 9.91. The summed E-state index contributed by atoms with van der Waals surface area (Å²) in [7, 11) is 11.5. The molecule has 27 nitrogen and oxygen atoms in total. The van der Waals surface area contributed by atoms with E-state index in [0.717, 1.165) is 27.2 Å². The molecular weight excluding hydrogens is 1330 g/mol. The molecule has 0 aliphatic carbocycles. The van der Waals surface area contributed by atoms with Gasteiger partial charge in [-0.1, -0.05) is 121 Å². The number of rotatable bonds is 19. The van der Waals surface area contributed by atoms with Crippen molar-refractivity contribution in [3.8, 4) is 17.2 Å². The van der Waals surface area contributed by atoms with Gasteiger partial charge in [-0.2, -0.15) is 0 Å². The Kier molecular flexibility index (Phi) is 37.3. The molecule has 11 amide bonds. The van der Waals surface area contributed by atoms with E-state index in [-0.39, 0.29) is 85.0 Å². The molecule has 1 heterocycles. The van der Waals surface area contributed by atoms with Crippen LogP contribution in [0, 0.1) is 41.4 Å². The van der Waals surface area contributed by atoms with Crippen molar-refractivity contribution >= 4 is 70.8 Å². The Balaban J connectivity index is 0.00000165. The zero-order chi connectivity index (χ0) is 79.8. The van der Waals surface area contributed by atoms with Crippen LogP contribution < -0.4 is 26.0 Å². The van der Waals surface area contributed by atoms with E-state index < -0.39 is 156 Å². The molecule has 1 fully saturated rings. The third-order valence-corrected chi connectivity index (χ3v) is 18.9. The molecule has 0 saturated carbocycles. The number of hydrogen-bond donors (Lipinski definition) is 7. The fourth-order valence-electron chi connectivity index (χ4n) is 12.5. The summed E-state index contributed by atoms with van der Waals surface area (Å²) in [6.45, 7) is 29.3. The lowest BCUT2D eigenvalue weighted by Gasteiger charge is -2.41. The number of ether oxygens (including phenoxy) is 1. The maximum absolute atomic E-state index is 15.1. The van der Waals surface area contributed by atoms with Gasteiger partial charge in [0.2, 0.25) is 65.0 Å². The summed E-state index contributed by atoms with van der Waals surface area (Å²) >= 11 is 0. The lowest BCUT2D eigenvalue weighted by molar-refractivity contribution is -0.157. The standard InChI is InChI=1S/C62H111N11O12.C15H14O4/c1-25-27-28-40(15)52(75)51-56(79)65-43(26-2)58(81)67(18)33-48(74)68(19)44(29-34(3)4)55(78)66-49(38(11)12)61(84)69(20)45(30-35(5)6)54(77)63-41(16)53(76)64-42(17)57(80)70(21)46(31-36(7)8)59(82)71(22)47(32-37(9)10)60(83)72(23)50(39(13)14)62(85)73(51)24;1-19-12-5-2-10(3-6-12)8-14(17)13-7-4-11(16)9-15(13)18/h25,27,34-47,49-52,75H,26,28-33H2,1-24H3,(H,63,77)(H,64,76)(H,65,79)(H,66,78);2-7,9,16,18H,8H2,1H3. The van der Waals surface area contributed by atoms with Crippen molar-refractivity contribution in [2.24, 2.45) is 41.4 Å². The summed E-state index contributed by atoms with van der Waals surface area (Å²) in [6.07, 6.45) is 3.23. The minimum absolute atomic E-state index is 0.0229. The molecule has 27 heteroatoms. The highest BCUT2D eigenvalue weighted by atomic mass is 16.5. The number of likely N-dealkylation sites (N-methyl/N-ethyl adjacent to an activating group) is 7. The van der Waals surface area contributed by atoms with Crippen molar-refractivity contribution < 1.29 is 77.6 Å². The van der Waals surface area contributed by atoms with E-state index in [1.165, 1.54) is 99.8 Å². The van der Waals surface area contributed by atoms with E-state index in [1.807, 2.05) is 61.5 Å². The van der Waals surface area contributed by atoms with E-state index in [0.29, 0.717) is 6.42 Å². The van der Waals surface area contributed by atoms with Gasteiger partial charge in [-0.3, -0.25) is 57.5 Å². The van der Waals surface area contributed by atoms with Crippen LogP contribution in [-0.2, 0) is 59.2 Å². The monoisotopic (exact) mass is 1460 g/mol. The minimum Gasteiger partial charge on any atom is -0.508 e. The molecule has 1 aliphatic heterocycles. The second-order valence-corrected chi connectivity index (χ2v) is 30.2. The number of Topliss-reactive ketones (excluding diaryl/α,β-unsaturated/α-hetero) is 1. The molecule has 7 N–H and O–H groups in total. The molecule has 0 radical (unpaired) electrons. The molecule has 0 aromatic heterocycles. The van der Waals surface area contributed by atoms with Crippen molar-refractivity contribution in [3.63, 3.8) is 0 Å². The van der Waals surface area contributed by atoms with Crippen molar-refractivity contribution in [2.75, 3.05) is 63.0 Å². The number of aliphatic hydroxyl groups excluding tert-OH is 1. The number of hydrogen-bond acceptors (Lipinski definition) is 16. The van der Waals surface area contributed by atoms with Gasteiger partial charge in [-0.05, 0) is 131 Å². The fraction of sp³-hybridized carbons (Fsp3) is 0.662. The highest BCUT2D eigenvalue weighted by Crippen LogP contribution is 2.28. The molecule has 12 atom stereocenters. The number of methoxy groups -OCH3 is 1. The summed E-state index contributed by atoms with van der Waals surface area (Å²) in [4.78, 5) is 181. The highest BCUT2D eigenvalue weighted by molar-refractivity contribution is 6.01. The molecule has 104 heavy (non-hydrogen) atoms. The third kappa shape index (κ3) is 26.2. The molecular formula is C77H125N11O16. The molecule has 3 rings (SSSR count). The molecule has 1 saturated heterocycles. The zero-order valence-electron chi connectivity index (χ0n) is 66.5. The van der Waals surface area contributed by atoms with Gasteiger partial charge >= 0.3 is 0 Å². The highest BCUT2D eigenvalue weighted by Gasteiger charge is 2.46. The van der Waals surface area contributed by atoms with Gasteiger partial charge in [0.1, 0.15) is 77.7 Å². The second kappa shape index (κ2) is 42.4. The molecule has 2 aromatic carbocycles. The largest absolute Gasteiger partial charge is 0.508 e. The summed E-state index contributed by atoms with van der Waals surface area (Å²) in [5, 5.41) is 41.9. The van der Waals surface area contributed by atoms with E-state index in [1.54, 1.807) is 85.9 Å². The zero-order valence-corrected chi connectivity index (χ0v) is 66.5. The number of aromatic hydroxyl groups is 2. The Hall–Kier alpha value is -8.62. The number of benzene rings is 2. The van der Waals surface area contributed by atoms with Crippen molar-refractivity contribution in [1.29, 1.82) is 0 Å². The van der Waals surface area contributed by atoms with Crippen LogP contribution in [0.25, 0.3) is 0 Å². The van der Waals surface area contributed by atoms with Crippen molar-refractivity contribution in [3.05, 3.63) is 65.7 Å². The average Bonchev–Trinajstić information content (AvgIpc) is 0.804. The first-order valence-electron chi connectivity index (χ1n) is 36.3. The van der Waals surface area contributed by atoms with Crippen LogP contribution >= 0.6 is 0 Å². The van der Waals surface area contributed by atoms with Gasteiger partial charge in [-0.15, -0.1) is 0 Å². The summed E-state index contributed by atoms with van der Waals surface area (Å²) in [5.74, 6) is -9.47. The van der Waals surface area contributed by atoms with Gasteiger partial charge in [-0.25, -0.2) is 0 Å². The van der Waals surface area contributed by atoms with Crippen LogP contribution in [0.1, 0.15) is 172 Å². The SMILES string of the molecule is CC=CCC(C)C(O)C1C(=O)NC(CC)C(=O)N(C)CC(=O)N(C)C(CC(C)C)C(=O)NC(C(C)C)C(=O)N(C)C(CC(C)C)C(=O)NC(C)C(=O)NC(C)C(=O)N(C)C(CC(C)C)C(=O)N(C)C(CC(C)C)C(=O)N(C)C(C(C)C)C(=O)N1C.COc1ccc(CC(=O)c2ccc(O)cc2O)cc1. The predicted molar refractivity (Wildman–Crippen MR) is 399 cm³/mol. The van der Waals surface area contributed by atoms with E-state index in [2.05, 4.69) is 21.3 Å². The number of amides is 11. The van der Waals surface area contributed by atoms with Gasteiger partial charge < -0.3 is 75.6 Å². The van der Waals surface area contributed by atoms with Gasteiger partial charge in [0.25, 0.3) is 0 Å². The number of phenols is 2. The van der Waals surface area contributed by atoms with E-state index in [4.69, 9.17) is 4.74 Å². The first kappa shape index (κ1) is 91.5. The number of nitrogens with zero attached hydrogens (tertiary/aromatic N) is 7. The second-order valence-electron chi connectivity index (χ2n) is 30.2. The lowest BCUT2D eigenvalue weighted by Crippen LogP contribution is -2.63. The van der Waals surface area contributed by atoms with Crippen LogP contribution in [0.2, 0.25) is 0 Å². The Bertz CT molecular complexity index is 3260. The fourth-order valence-corrected chi connectivity index (χ4v) is 12.5. The molecule has 0 bridgehead atoms. The molecule has 2 aromatic rings. The quantitative estimate of drug-likeness (QED) is 0.0645. The van der Waals surface area contributed by atoms with Crippen LogP contribution in [0.3, 0.4) is 0 Å². The summed E-state index contributed by atoms with van der Waals surface area (Å²) < 4.78 is 5.04. The normalized spacial score (nSPS) is 23.8.